The largest absolute Gasteiger partial charge is 0.294 e. The average molecular weight is 235 g/mol. The lowest BCUT2D eigenvalue weighted by Gasteiger charge is -2.12. The molecule has 0 unspecified atom stereocenters. The van der Waals surface area contributed by atoms with E-state index in [2.05, 4.69) is 4.98 Å². The number of halogens is 1. The van der Waals surface area contributed by atoms with E-state index in [1.165, 1.54) is 37.9 Å². The number of nitrogens with zero attached hydrogens (tertiary/aromatic N) is 1. The summed E-state index contributed by atoms with van der Waals surface area (Å²) in [5.74, 6) is -0.125. The fourth-order valence-electron chi connectivity index (χ4n) is 2.54. The van der Waals surface area contributed by atoms with Crippen LogP contribution in [0.3, 0.4) is 0 Å². The maximum absolute atomic E-state index is 13.4. The summed E-state index contributed by atoms with van der Waals surface area (Å²) in [7, 11) is 0. The van der Waals surface area contributed by atoms with Gasteiger partial charge in [0.1, 0.15) is 0 Å². The highest BCUT2D eigenvalue weighted by Crippen LogP contribution is 2.26. The molecule has 0 aromatic carbocycles. The molecule has 1 saturated carbocycles. The monoisotopic (exact) mass is 235 g/mol. The van der Waals surface area contributed by atoms with E-state index in [9.17, 15) is 9.18 Å². The fraction of sp³-hybridized carbons (Fsp3) is 0.571. The molecule has 92 valence electrons. The summed E-state index contributed by atoms with van der Waals surface area (Å²) in [5.41, 5.74) is 0.198. The molecule has 1 aromatic rings. The average Bonchev–Trinajstić information content (AvgIpc) is 2.58. The van der Waals surface area contributed by atoms with Gasteiger partial charge < -0.3 is 0 Å². The first kappa shape index (κ1) is 12.2. The fourth-order valence-corrected chi connectivity index (χ4v) is 2.54. The van der Waals surface area contributed by atoms with Crippen molar-refractivity contribution < 1.29 is 9.18 Å². The number of hydrogen-bond acceptors (Lipinski definition) is 2. The van der Waals surface area contributed by atoms with Crippen LogP contribution < -0.4 is 0 Å². The highest BCUT2D eigenvalue weighted by atomic mass is 19.1. The van der Waals surface area contributed by atoms with Crippen molar-refractivity contribution in [2.45, 2.75) is 44.9 Å². The molecule has 0 saturated heterocycles. The second kappa shape index (κ2) is 5.89. The quantitative estimate of drug-likeness (QED) is 0.589. The Morgan fingerprint density at radius 3 is 2.65 bits per heavy atom. The van der Waals surface area contributed by atoms with Crippen molar-refractivity contribution in [2.75, 3.05) is 0 Å². The van der Waals surface area contributed by atoms with Crippen molar-refractivity contribution in [1.29, 1.82) is 0 Å². The van der Waals surface area contributed by atoms with Gasteiger partial charge in [-0.25, -0.2) is 4.39 Å². The number of ketones is 1. The summed E-state index contributed by atoms with van der Waals surface area (Å²) in [6, 6.07) is 1.48. The summed E-state index contributed by atoms with van der Waals surface area (Å²) < 4.78 is 13.4. The van der Waals surface area contributed by atoms with Gasteiger partial charge in [-0.05, 0) is 12.0 Å². The zero-order valence-corrected chi connectivity index (χ0v) is 9.99. The Bertz CT molecular complexity index is 384. The van der Waals surface area contributed by atoms with Gasteiger partial charge in [0.15, 0.2) is 11.6 Å². The van der Waals surface area contributed by atoms with Gasteiger partial charge in [0.05, 0.1) is 11.8 Å². The zero-order chi connectivity index (χ0) is 12.1. The number of rotatable bonds is 3. The lowest BCUT2D eigenvalue weighted by atomic mass is 9.92. The SMILES string of the molecule is O=C(CC1CCCCCC1)c1ccncc1F. The van der Waals surface area contributed by atoms with Gasteiger partial charge >= 0.3 is 0 Å². The zero-order valence-electron chi connectivity index (χ0n) is 9.99. The molecule has 2 nitrogen and oxygen atoms in total. The van der Waals surface area contributed by atoms with Crippen LogP contribution in [0.4, 0.5) is 4.39 Å². The first-order valence-electron chi connectivity index (χ1n) is 6.40. The van der Waals surface area contributed by atoms with E-state index in [-0.39, 0.29) is 11.3 Å². The molecule has 1 aliphatic rings. The van der Waals surface area contributed by atoms with Crippen molar-refractivity contribution >= 4 is 5.78 Å². The molecular formula is C14H18FNO. The van der Waals surface area contributed by atoms with Crippen molar-refractivity contribution in [1.82, 2.24) is 4.98 Å². The van der Waals surface area contributed by atoms with E-state index in [0.717, 1.165) is 19.0 Å². The van der Waals surface area contributed by atoms with Crippen LogP contribution >= 0.6 is 0 Å². The van der Waals surface area contributed by atoms with Crippen LogP contribution in [0.5, 0.6) is 0 Å². The topological polar surface area (TPSA) is 30.0 Å². The van der Waals surface area contributed by atoms with Crippen molar-refractivity contribution in [3.63, 3.8) is 0 Å². The lowest BCUT2D eigenvalue weighted by molar-refractivity contribution is 0.0953. The molecule has 1 aliphatic carbocycles. The molecule has 0 atom stereocenters. The Kier molecular flexibility index (Phi) is 4.24. The number of hydrogen-bond donors (Lipinski definition) is 0. The third kappa shape index (κ3) is 3.35. The van der Waals surface area contributed by atoms with E-state index in [1.807, 2.05) is 0 Å². The summed E-state index contributed by atoms with van der Waals surface area (Å²) in [6.07, 6.45) is 10.2. The van der Waals surface area contributed by atoms with Gasteiger partial charge in [-0.15, -0.1) is 0 Å². The van der Waals surface area contributed by atoms with Gasteiger partial charge in [-0.3, -0.25) is 9.78 Å². The minimum absolute atomic E-state index is 0.0724. The first-order chi connectivity index (χ1) is 8.27. The lowest BCUT2D eigenvalue weighted by Crippen LogP contribution is -2.10. The molecule has 0 amide bonds. The minimum Gasteiger partial charge on any atom is -0.294 e. The molecule has 0 bridgehead atoms. The van der Waals surface area contributed by atoms with Crippen molar-refractivity contribution in [3.8, 4) is 0 Å². The van der Waals surface area contributed by atoms with E-state index in [4.69, 9.17) is 0 Å². The predicted molar refractivity (Wildman–Crippen MR) is 64.3 cm³/mol. The van der Waals surface area contributed by atoms with E-state index in [0.29, 0.717) is 12.3 Å². The smallest absolute Gasteiger partial charge is 0.166 e. The van der Waals surface area contributed by atoms with Crippen LogP contribution in [-0.4, -0.2) is 10.8 Å². The molecule has 1 heterocycles. The standard InChI is InChI=1S/C14H18FNO/c15-13-10-16-8-7-12(13)14(17)9-11-5-3-1-2-4-6-11/h7-8,10-11H,1-6,9H2. The van der Waals surface area contributed by atoms with E-state index >= 15 is 0 Å². The molecule has 0 aliphatic heterocycles. The molecule has 3 heteroatoms. The molecule has 0 N–H and O–H groups in total. The van der Waals surface area contributed by atoms with E-state index in [1.54, 1.807) is 0 Å². The van der Waals surface area contributed by atoms with Gasteiger partial charge in [0, 0.05) is 12.6 Å². The summed E-state index contributed by atoms with van der Waals surface area (Å²) >= 11 is 0. The second-order valence-electron chi connectivity index (χ2n) is 4.84. The Morgan fingerprint density at radius 2 is 2.00 bits per heavy atom. The molecule has 0 spiro atoms. The summed E-state index contributed by atoms with van der Waals surface area (Å²) in [5, 5.41) is 0. The van der Waals surface area contributed by atoms with E-state index < -0.39 is 5.82 Å². The number of carbonyl (C=O) groups is 1. The highest BCUT2D eigenvalue weighted by Gasteiger charge is 2.19. The van der Waals surface area contributed by atoms with Crippen LogP contribution in [0.15, 0.2) is 18.5 Å². The van der Waals surface area contributed by atoms with Crippen LogP contribution in [0, 0.1) is 11.7 Å². The molecule has 0 radical (unpaired) electrons. The number of pyridine rings is 1. The van der Waals surface area contributed by atoms with Crippen LogP contribution in [0.1, 0.15) is 55.3 Å². The van der Waals surface area contributed by atoms with Crippen LogP contribution in [0.25, 0.3) is 0 Å². The highest BCUT2D eigenvalue weighted by molar-refractivity contribution is 5.96. The second-order valence-corrected chi connectivity index (χ2v) is 4.84. The number of Topliss-reactive ketones (excluding diaryl/α,β-unsaturated/α-hetero) is 1. The normalized spacial score (nSPS) is 17.7. The molecule has 2 rings (SSSR count). The number of carbonyl (C=O) groups excluding carboxylic acids is 1. The van der Waals surface area contributed by atoms with Crippen LogP contribution in [-0.2, 0) is 0 Å². The minimum atomic E-state index is -0.494. The first-order valence-corrected chi connectivity index (χ1v) is 6.40. The molecule has 1 fully saturated rings. The maximum Gasteiger partial charge on any atom is 0.166 e. The predicted octanol–water partition coefficient (Wildman–Crippen LogP) is 3.76. The molecule has 17 heavy (non-hydrogen) atoms. The Hall–Kier alpha value is -1.25. The summed E-state index contributed by atoms with van der Waals surface area (Å²) in [6.45, 7) is 0. The van der Waals surface area contributed by atoms with Gasteiger partial charge in [0.2, 0.25) is 0 Å². The Labute approximate surface area is 101 Å². The van der Waals surface area contributed by atoms with Gasteiger partial charge in [-0.1, -0.05) is 38.5 Å². The summed E-state index contributed by atoms with van der Waals surface area (Å²) in [4.78, 5) is 15.6. The Balaban J connectivity index is 1.98. The Morgan fingerprint density at radius 1 is 1.29 bits per heavy atom. The maximum atomic E-state index is 13.4. The van der Waals surface area contributed by atoms with Crippen molar-refractivity contribution in [2.24, 2.45) is 5.92 Å². The van der Waals surface area contributed by atoms with Crippen molar-refractivity contribution in [3.05, 3.63) is 29.8 Å². The molecule has 1 aromatic heterocycles. The number of aromatic nitrogens is 1. The molecular weight excluding hydrogens is 217 g/mol. The van der Waals surface area contributed by atoms with Gasteiger partial charge in [-0.2, -0.15) is 0 Å². The third-order valence-corrected chi connectivity index (χ3v) is 3.52. The third-order valence-electron chi connectivity index (χ3n) is 3.52. The van der Waals surface area contributed by atoms with Crippen LogP contribution in [0.2, 0.25) is 0 Å². The van der Waals surface area contributed by atoms with Gasteiger partial charge in [0.25, 0.3) is 0 Å².